The van der Waals surface area contributed by atoms with Crippen LogP contribution in [0, 0.1) is 0 Å². The first-order chi connectivity index (χ1) is 11.5. The molecule has 0 aromatic heterocycles. The normalized spacial score (nSPS) is 14.2. The van der Waals surface area contributed by atoms with Crippen molar-refractivity contribution in [3.8, 4) is 5.75 Å². The molecule has 1 heterocycles. The summed E-state index contributed by atoms with van der Waals surface area (Å²) in [5.41, 5.74) is 2.93. The summed E-state index contributed by atoms with van der Waals surface area (Å²) in [5.74, 6) is 0.659. The van der Waals surface area contributed by atoms with Crippen LogP contribution in [0.15, 0.2) is 47.4 Å². The van der Waals surface area contributed by atoms with Gasteiger partial charge in [0.2, 0.25) is 0 Å². The molecule has 0 aliphatic carbocycles. The van der Waals surface area contributed by atoms with Gasteiger partial charge in [-0.1, -0.05) is 6.07 Å². The summed E-state index contributed by atoms with van der Waals surface area (Å²) < 4.78 is 33.1. The number of sulfonamides is 1. The SMILES string of the molecule is CCOc1ccc(S(=O)(=O)Nc2ccc3c(c2)N(C)CCC3)cc1. The van der Waals surface area contributed by atoms with Crippen LogP contribution in [0.5, 0.6) is 5.75 Å². The minimum absolute atomic E-state index is 0.219. The number of aryl methyl sites for hydroxylation is 1. The number of anilines is 2. The third kappa shape index (κ3) is 3.48. The van der Waals surface area contributed by atoms with E-state index in [0.29, 0.717) is 18.0 Å². The molecule has 2 aromatic carbocycles. The Kier molecular flexibility index (Phi) is 4.66. The summed E-state index contributed by atoms with van der Waals surface area (Å²) >= 11 is 0. The van der Waals surface area contributed by atoms with Crippen LogP contribution in [0.1, 0.15) is 18.9 Å². The molecule has 0 saturated heterocycles. The first-order valence-corrected chi connectivity index (χ1v) is 9.57. The van der Waals surface area contributed by atoms with Gasteiger partial charge in [-0.15, -0.1) is 0 Å². The van der Waals surface area contributed by atoms with Crippen LogP contribution < -0.4 is 14.4 Å². The Balaban J connectivity index is 1.83. The van der Waals surface area contributed by atoms with Crippen LogP contribution in [0.3, 0.4) is 0 Å². The molecular weight excluding hydrogens is 324 g/mol. The maximum Gasteiger partial charge on any atom is 0.261 e. The molecule has 5 nitrogen and oxygen atoms in total. The molecule has 6 heteroatoms. The zero-order chi connectivity index (χ0) is 17.2. The molecule has 0 bridgehead atoms. The molecule has 1 aliphatic heterocycles. The summed E-state index contributed by atoms with van der Waals surface area (Å²) in [4.78, 5) is 2.38. The molecule has 0 radical (unpaired) electrons. The van der Waals surface area contributed by atoms with Crippen molar-refractivity contribution in [2.24, 2.45) is 0 Å². The molecule has 1 aliphatic rings. The Labute approximate surface area is 143 Å². The first kappa shape index (κ1) is 16.6. The highest BCUT2D eigenvalue weighted by Crippen LogP contribution is 2.30. The van der Waals surface area contributed by atoms with Crippen LogP contribution in [0.4, 0.5) is 11.4 Å². The molecule has 0 saturated carbocycles. The van der Waals surface area contributed by atoms with E-state index in [1.54, 1.807) is 24.3 Å². The van der Waals surface area contributed by atoms with Crippen molar-refractivity contribution in [3.05, 3.63) is 48.0 Å². The zero-order valence-corrected chi connectivity index (χ0v) is 14.8. The first-order valence-electron chi connectivity index (χ1n) is 8.09. The van der Waals surface area contributed by atoms with Crippen LogP contribution >= 0.6 is 0 Å². The van der Waals surface area contributed by atoms with E-state index < -0.39 is 10.0 Å². The Morgan fingerprint density at radius 2 is 1.92 bits per heavy atom. The van der Waals surface area contributed by atoms with E-state index in [0.717, 1.165) is 25.1 Å². The van der Waals surface area contributed by atoms with E-state index in [2.05, 4.69) is 9.62 Å². The van der Waals surface area contributed by atoms with Gasteiger partial charge < -0.3 is 9.64 Å². The summed E-state index contributed by atoms with van der Waals surface area (Å²) in [7, 11) is -1.58. The van der Waals surface area contributed by atoms with Crippen molar-refractivity contribution in [1.82, 2.24) is 0 Å². The minimum atomic E-state index is -3.61. The fraction of sp³-hybridized carbons (Fsp3) is 0.333. The highest BCUT2D eigenvalue weighted by Gasteiger charge is 2.18. The van der Waals surface area contributed by atoms with Gasteiger partial charge in [-0.05, 0) is 61.7 Å². The molecule has 0 atom stereocenters. The molecule has 1 N–H and O–H groups in total. The van der Waals surface area contributed by atoms with E-state index in [-0.39, 0.29) is 4.90 Å². The van der Waals surface area contributed by atoms with Gasteiger partial charge in [0.1, 0.15) is 5.75 Å². The van der Waals surface area contributed by atoms with Crippen molar-refractivity contribution >= 4 is 21.4 Å². The minimum Gasteiger partial charge on any atom is -0.494 e. The number of rotatable bonds is 5. The quantitative estimate of drug-likeness (QED) is 0.903. The Morgan fingerprint density at radius 1 is 1.17 bits per heavy atom. The molecule has 128 valence electrons. The number of nitrogens with one attached hydrogen (secondary N) is 1. The van der Waals surface area contributed by atoms with E-state index in [4.69, 9.17) is 4.74 Å². The highest BCUT2D eigenvalue weighted by molar-refractivity contribution is 7.92. The molecule has 0 fully saturated rings. The molecule has 0 spiro atoms. The molecular formula is C18H22N2O3S. The van der Waals surface area contributed by atoms with Gasteiger partial charge >= 0.3 is 0 Å². The number of nitrogens with zero attached hydrogens (tertiary/aromatic N) is 1. The fourth-order valence-electron chi connectivity index (χ4n) is 2.92. The Bertz CT molecular complexity index is 817. The summed E-state index contributed by atoms with van der Waals surface area (Å²) in [6, 6.07) is 12.2. The lowest BCUT2D eigenvalue weighted by Gasteiger charge is -2.28. The summed E-state index contributed by atoms with van der Waals surface area (Å²) in [6.45, 7) is 3.43. The van der Waals surface area contributed by atoms with Crippen molar-refractivity contribution in [2.75, 3.05) is 29.8 Å². The maximum absolute atomic E-state index is 12.6. The van der Waals surface area contributed by atoms with E-state index >= 15 is 0 Å². The number of benzene rings is 2. The summed E-state index contributed by atoms with van der Waals surface area (Å²) in [5, 5.41) is 0. The average Bonchev–Trinajstić information content (AvgIpc) is 2.56. The lowest BCUT2D eigenvalue weighted by atomic mass is 10.0. The third-order valence-electron chi connectivity index (χ3n) is 4.13. The number of ether oxygens (including phenoxy) is 1. The van der Waals surface area contributed by atoms with Crippen LogP contribution in [-0.4, -0.2) is 28.6 Å². The second kappa shape index (κ2) is 6.73. The van der Waals surface area contributed by atoms with Crippen molar-refractivity contribution in [2.45, 2.75) is 24.7 Å². The van der Waals surface area contributed by atoms with Crippen molar-refractivity contribution in [1.29, 1.82) is 0 Å². The van der Waals surface area contributed by atoms with Crippen LogP contribution in [-0.2, 0) is 16.4 Å². The van der Waals surface area contributed by atoms with Crippen molar-refractivity contribution in [3.63, 3.8) is 0 Å². The maximum atomic E-state index is 12.6. The zero-order valence-electron chi connectivity index (χ0n) is 14.0. The fourth-order valence-corrected chi connectivity index (χ4v) is 3.97. The predicted molar refractivity (Wildman–Crippen MR) is 96.5 cm³/mol. The standard InChI is InChI=1S/C18H22N2O3S/c1-3-23-16-8-10-17(11-9-16)24(21,22)19-15-7-6-14-5-4-12-20(2)18(14)13-15/h6-11,13,19H,3-5,12H2,1-2H3. The van der Waals surface area contributed by atoms with Crippen molar-refractivity contribution < 1.29 is 13.2 Å². The van der Waals surface area contributed by atoms with Gasteiger partial charge in [-0.3, -0.25) is 4.72 Å². The van der Waals surface area contributed by atoms with Gasteiger partial charge in [0.05, 0.1) is 17.2 Å². The Hall–Kier alpha value is -2.21. The van der Waals surface area contributed by atoms with Gasteiger partial charge in [-0.25, -0.2) is 8.42 Å². The smallest absolute Gasteiger partial charge is 0.261 e. The molecule has 3 rings (SSSR count). The number of fused-ring (bicyclic) bond motifs is 1. The van der Waals surface area contributed by atoms with E-state index in [1.807, 2.05) is 32.2 Å². The number of hydrogen-bond donors (Lipinski definition) is 1. The van der Waals surface area contributed by atoms with E-state index in [1.165, 1.54) is 5.56 Å². The molecule has 2 aromatic rings. The molecule has 24 heavy (non-hydrogen) atoms. The topological polar surface area (TPSA) is 58.6 Å². The average molecular weight is 346 g/mol. The van der Waals surface area contributed by atoms with Gasteiger partial charge in [0.15, 0.2) is 0 Å². The molecule has 0 amide bonds. The third-order valence-corrected chi connectivity index (χ3v) is 5.53. The van der Waals surface area contributed by atoms with Gasteiger partial charge in [0.25, 0.3) is 10.0 Å². The lowest BCUT2D eigenvalue weighted by Crippen LogP contribution is -2.24. The Morgan fingerprint density at radius 3 is 2.62 bits per heavy atom. The van der Waals surface area contributed by atoms with Gasteiger partial charge in [-0.2, -0.15) is 0 Å². The second-order valence-electron chi connectivity index (χ2n) is 5.88. The predicted octanol–water partition coefficient (Wildman–Crippen LogP) is 3.27. The highest BCUT2D eigenvalue weighted by atomic mass is 32.2. The number of hydrogen-bond acceptors (Lipinski definition) is 4. The largest absolute Gasteiger partial charge is 0.494 e. The van der Waals surface area contributed by atoms with Crippen LogP contribution in [0.2, 0.25) is 0 Å². The van der Waals surface area contributed by atoms with Crippen LogP contribution in [0.25, 0.3) is 0 Å². The summed E-state index contributed by atoms with van der Waals surface area (Å²) in [6.07, 6.45) is 2.16. The van der Waals surface area contributed by atoms with E-state index in [9.17, 15) is 8.42 Å². The lowest BCUT2D eigenvalue weighted by molar-refractivity contribution is 0.340. The second-order valence-corrected chi connectivity index (χ2v) is 7.56. The molecule has 0 unspecified atom stereocenters. The van der Waals surface area contributed by atoms with Gasteiger partial charge in [0, 0.05) is 19.3 Å². The monoisotopic (exact) mass is 346 g/mol.